The third-order valence-electron chi connectivity index (χ3n) is 3.30. The van der Waals surface area contributed by atoms with Gasteiger partial charge in [-0.1, -0.05) is 24.8 Å². The first-order chi connectivity index (χ1) is 10.2. The van der Waals surface area contributed by atoms with E-state index in [1.165, 1.54) is 0 Å². The van der Waals surface area contributed by atoms with E-state index in [9.17, 15) is 5.11 Å². The molecule has 0 aliphatic carbocycles. The molecule has 1 aromatic carbocycles. The molecule has 5 nitrogen and oxygen atoms in total. The zero-order valence-corrected chi connectivity index (χ0v) is 11.5. The molecule has 0 atom stereocenters. The van der Waals surface area contributed by atoms with Crippen molar-refractivity contribution in [2.24, 2.45) is 0 Å². The van der Waals surface area contributed by atoms with Gasteiger partial charge in [-0.05, 0) is 12.1 Å². The smallest absolute Gasteiger partial charge is 0.141 e. The first-order valence-corrected chi connectivity index (χ1v) is 6.73. The lowest BCUT2D eigenvalue weighted by Crippen LogP contribution is -2.16. The number of H-pyrrole nitrogens is 1. The first kappa shape index (κ1) is 13.2. The van der Waals surface area contributed by atoms with Crippen LogP contribution in [-0.2, 0) is 6.42 Å². The Hall–Kier alpha value is -2.82. The van der Waals surface area contributed by atoms with E-state index in [1.807, 2.05) is 18.2 Å². The van der Waals surface area contributed by atoms with Crippen molar-refractivity contribution in [1.82, 2.24) is 20.3 Å². The first-order valence-electron chi connectivity index (χ1n) is 6.73. The zero-order valence-electron chi connectivity index (χ0n) is 11.5. The number of aromatic nitrogens is 3. The van der Waals surface area contributed by atoms with Gasteiger partial charge in [-0.3, -0.25) is 0 Å². The van der Waals surface area contributed by atoms with Crippen LogP contribution in [0.25, 0.3) is 16.6 Å². The van der Waals surface area contributed by atoms with E-state index in [-0.39, 0.29) is 5.75 Å². The molecule has 0 aliphatic rings. The van der Waals surface area contributed by atoms with E-state index in [4.69, 9.17) is 0 Å². The van der Waals surface area contributed by atoms with Crippen LogP contribution < -0.4 is 5.32 Å². The second-order valence-corrected chi connectivity index (χ2v) is 4.78. The minimum atomic E-state index is 0.180. The Bertz CT molecular complexity index is 765. The lowest BCUT2D eigenvalue weighted by Gasteiger charge is -2.09. The van der Waals surface area contributed by atoms with Crippen molar-refractivity contribution in [2.45, 2.75) is 6.42 Å². The van der Waals surface area contributed by atoms with Crippen molar-refractivity contribution in [2.75, 3.05) is 6.54 Å². The monoisotopic (exact) mass is 280 g/mol. The fraction of sp³-hybridized carbons (Fsp3) is 0.125. The van der Waals surface area contributed by atoms with E-state index in [0.717, 1.165) is 35.4 Å². The number of hydrogen-bond acceptors (Lipinski definition) is 4. The molecule has 0 amide bonds. The van der Waals surface area contributed by atoms with Crippen molar-refractivity contribution in [3.05, 3.63) is 60.8 Å². The molecule has 3 N–H and O–H groups in total. The molecule has 0 saturated carbocycles. The Morgan fingerprint density at radius 1 is 1.29 bits per heavy atom. The van der Waals surface area contributed by atoms with Gasteiger partial charge in [0.1, 0.15) is 11.3 Å². The summed E-state index contributed by atoms with van der Waals surface area (Å²) in [6.07, 6.45) is 4.30. The van der Waals surface area contributed by atoms with Crippen molar-refractivity contribution >= 4 is 16.6 Å². The van der Waals surface area contributed by atoms with Crippen LogP contribution in [0.2, 0.25) is 0 Å². The van der Waals surface area contributed by atoms with E-state index >= 15 is 0 Å². The van der Waals surface area contributed by atoms with Crippen molar-refractivity contribution in [3.8, 4) is 5.75 Å². The van der Waals surface area contributed by atoms with Gasteiger partial charge in [0, 0.05) is 30.2 Å². The van der Waals surface area contributed by atoms with Crippen LogP contribution in [0, 0.1) is 0 Å². The molecule has 3 aromatic rings. The van der Waals surface area contributed by atoms with Gasteiger partial charge in [-0.25, -0.2) is 9.97 Å². The number of hydrogen-bond donors (Lipinski definition) is 3. The molecule has 0 spiro atoms. The standard InChI is InChI=1S/C16H16N4O/c1-11(18-8-7-13-9-17-10-19-13)14-6-5-12-3-2-4-15(21)16(12)20-14/h2-6,9-10,18,21H,1,7-8H2,(H,17,19). The molecule has 0 unspecified atom stereocenters. The van der Waals surface area contributed by atoms with Crippen LogP contribution in [0.15, 0.2) is 49.4 Å². The topological polar surface area (TPSA) is 73.8 Å². The average Bonchev–Trinajstić information content (AvgIpc) is 3.00. The van der Waals surface area contributed by atoms with Crippen LogP contribution in [-0.4, -0.2) is 26.6 Å². The van der Waals surface area contributed by atoms with Gasteiger partial charge < -0.3 is 15.4 Å². The summed E-state index contributed by atoms with van der Waals surface area (Å²) < 4.78 is 0. The maximum absolute atomic E-state index is 9.85. The summed E-state index contributed by atoms with van der Waals surface area (Å²) in [7, 11) is 0. The predicted molar refractivity (Wildman–Crippen MR) is 82.7 cm³/mol. The normalized spacial score (nSPS) is 10.7. The number of nitrogens with one attached hydrogen (secondary N) is 2. The summed E-state index contributed by atoms with van der Waals surface area (Å²) in [5.41, 5.74) is 3.12. The minimum absolute atomic E-state index is 0.180. The average molecular weight is 280 g/mol. The van der Waals surface area contributed by atoms with Crippen molar-refractivity contribution in [3.63, 3.8) is 0 Å². The molecule has 0 saturated heterocycles. The van der Waals surface area contributed by atoms with Gasteiger partial charge in [0.25, 0.3) is 0 Å². The molecule has 2 aromatic heterocycles. The largest absolute Gasteiger partial charge is 0.506 e. The summed E-state index contributed by atoms with van der Waals surface area (Å²) >= 11 is 0. The summed E-state index contributed by atoms with van der Waals surface area (Å²) in [6, 6.07) is 9.18. The molecular weight excluding hydrogens is 264 g/mol. The van der Waals surface area contributed by atoms with Gasteiger partial charge in [-0.15, -0.1) is 0 Å². The molecule has 3 rings (SSSR count). The molecule has 0 fully saturated rings. The Kier molecular flexibility index (Phi) is 3.55. The lowest BCUT2D eigenvalue weighted by atomic mass is 10.1. The molecule has 106 valence electrons. The molecule has 0 radical (unpaired) electrons. The number of aromatic hydroxyl groups is 1. The number of imidazole rings is 1. The molecular formula is C16H16N4O. The molecule has 2 heterocycles. The second-order valence-electron chi connectivity index (χ2n) is 4.78. The SMILES string of the molecule is C=C(NCCc1cnc[nH]1)c1ccc2cccc(O)c2n1. The number of pyridine rings is 1. The third kappa shape index (κ3) is 2.86. The van der Waals surface area contributed by atoms with E-state index < -0.39 is 0 Å². The maximum Gasteiger partial charge on any atom is 0.141 e. The molecule has 0 aliphatic heterocycles. The number of benzene rings is 1. The Labute approximate surface area is 122 Å². The minimum Gasteiger partial charge on any atom is -0.506 e. The van der Waals surface area contributed by atoms with Crippen LogP contribution in [0.4, 0.5) is 0 Å². The highest BCUT2D eigenvalue weighted by atomic mass is 16.3. The predicted octanol–water partition coefficient (Wildman–Crippen LogP) is 2.47. The van der Waals surface area contributed by atoms with Gasteiger partial charge in [0.05, 0.1) is 17.7 Å². The fourth-order valence-corrected chi connectivity index (χ4v) is 2.16. The van der Waals surface area contributed by atoms with E-state index in [2.05, 4.69) is 26.8 Å². The number of para-hydroxylation sites is 1. The molecule has 0 bridgehead atoms. The summed E-state index contributed by atoms with van der Waals surface area (Å²) in [5, 5.41) is 14.0. The van der Waals surface area contributed by atoms with Gasteiger partial charge in [-0.2, -0.15) is 0 Å². The highest BCUT2D eigenvalue weighted by Gasteiger charge is 2.05. The van der Waals surface area contributed by atoms with E-state index in [0.29, 0.717) is 5.52 Å². The maximum atomic E-state index is 9.85. The van der Waals surface area contributed by atoms with Gasteiger partial charge in [0.2, 0.25) is 0 Å². The molecule has 21 heavy (non-hydrogen) atoms. The summed E-state index contributed by atoms with van der Waals surface area (Å²) in [6.45, 7) is 4.74. The number of phenolic OH excluding ortho intramolecular Hbond substituents is 1. The van der Waals surface area contributed by atoms with Gasteiger partial charge >= 0.3 is 0 Å². The number of fused-ring (bicyclic) bond motifs is 1. The highest BCUT2D eigenvalue weighted by molar-refractivity contribution is 5.85. The van der Waals surface area contributed by atoms with Crippen LogP contribution in [0.3, 0.4) is 0 Å². The molecule has 5 heteroatoms. The van der Waals surface area contributed by atoms with E-state index in [1.54, 1.807) is 24.7 Å². The fourth-order valence-electron chi connectivity index (χ4n) is 2.16. The van der Waals surface area contributed by atoms with Crippen LogP contribution in [0.1, 0.15) is 11.4 Å². The zero-order chi connectivity index (χ0) is 14.7. The van der Waals surface area contributed by atoms with Gasteiger partial charge in [0.15, 0.2) is 0 Å². The van der Waals surface area contributed by atoms with Crippen LogP contribution in [0.5, 0.6) is 5.75 Å². The van der Waals surface area contributed by atoms with Crippen molar-refractivity contribution in [1.29, 1.82) is 0 Å². The summed E-state index contributed by atoms with van der Waals surface area (Å²) in [4.78, 5) is 11.5. The second kappa shape index (κ2) is 5.66. The highest BCUT2D eigenvalue weighted by Crippen LogP contribution is 2.23. The quantitative estimate of drug-likeness (QED) is 0.671. The Balaban J connectivity index is 1.71. The number of nitrogens with zero attached hydrogens (tertiary/aromatic N) is 2. The number of phenols is 1. The summed E-state index contributed by atoms with van der Waals surface area (Å²) in [5.74, 6) is 0.180. The lowest BCUT2D eigenvalue weighted by molar-refractivity contribution is 0.480. The number of aromatic amines is 1. The Morgan fingerprint density at radius 2 is 2.19 bits per heavy atom. The van der Waals surface area contributed by atoms with Crippen LogP contribution >= 0.6 is 0 Å². The third-order valence-corrected chi connectivity index (χ3v) is 3.30. The van der Waals surface area contributed by atoms with Crippen molar-refractivity contribution < 1.29 is 5.11 Å². The Morgan fingerprint density at radius 3 is 3.00 bits per heavy atom. The number of rotatable bonds is 5.